The molecule has 0 aliphatic rings. The zero-order chi connectivity index (χ0) is 14.9. The Balaban J connectivity index is 1.63. The van der Waals surface area contributed by atoms with Crippen LogP contribution in [0.1, 0.15) is 12.0 Å². The summed E-state index contributed by atoms with van der Waals surface area (Å²) >= 11 is 3.49. The monoisotopic (exact) mass is 348 g/mol. The molecule has 21 heavy (non-hydrogen) atoms. The van der Waals surface area contributed by atoms with Crippen LogP contribution < -0.4 is 10.6 Å². The standard InChI is InChI=1S/C15H17BrN4O/c16-13-5-2-1-4-12(13)6-10-17-14(21)7-11-20-15-18-8-3-9-19-15/h1-5,8-9H,6-7,10-11H2,(H,17,21)(H,18,19,20). The molecule has 1 heterocycles. The molecule has 0 unspecified atom stereocenters. The van der Waals surface area contributed by atoms with Gasteiger partial charge >= 0.3 is 0 Å². The van der Waals surface area contributed by atoms with Gasteiger partial charge in [-0.15, -0.1) is 0 Å². The fourth-order valence-electron chi connectivity index (χ4n) is 1.80. The van der Waals surface area contributed by atoms with Crippen LogP contribution in [0.2, 0.25) is 0 Å². The molecule has 0 spiro atoms. The van der Waals surface area contributed by atoms with Crippen LogP contribution in [0.5, 0.6) is 0 Å². The Hall–Kier alpha value is -1.95. The number of hydrogen-bond acceptors (Lipinski definition) is 4. The van der Waals surface area contributed by atoms with Gasteiger partial charge in [-0.05, 0) is 24.1 Å². The van der Waals surface area contributed by atoms with Gasteiger partial charge in [0.15, 0.2) is 0 Å². The number of hydrogen-bond donors (Lipinski definition) is 2. The largest absolute Gasteiger partial charge is 0.356 e. The summed E-state index contributed by atoms with van der Waals surface area (Å²) in [5.41, 5.74) is 1.19. The van der Waals surface area contributed by atoms with Crippen molar-refractivity contribution in [1.29, 1.82) is 0 Å². The average Bonchev–Trinajstić information content (AvgIpc) is 2.50. The highest BCUT2D eigenvalue weighted by Gasteiger charge is 2.03. The van der Waals surface area contributed by atoms with E-state index in [2.05, 4.69) is 36.5 Å². The van der Waals surface area contributed by atoms with Crippen molar-refractivity contribution in [2.24, 2.45) is 0 Å². The minimum atomic E-state index is 0.0190. The molecule has 5 nitrogen and oxygen atoms in total. The maximum Gasteiger partial charge on any atom is 0.222 e. The van der Waals surface area contributed by atoms with Crippen molar-refractivity contribution in [2.45, 2.75) is 12.8 Å². The highest BCUT2D eigenvalue weighted by molar-refractivity contribution is 9.10. The van der Waals surface area contributed by atoms with Crippen LogP contribution >= 0.6 is 15.9 Å². The van der Waals surface area contributed by atoms with E-state index in [0.29, 0.717) is 25.5 Å². The summed E-state index contributed by atoms with van der Waals surface area (Å²) in [5, 5.41) is 5.91. The molecule has 0 radical (unpaired) electrons. The molecule has 110 valence electrons. The van der Waals surface area contributed by atoms with Crippen molar-refractivity contribution in [3.8, 4) is 0 Å². The third kappa shape index (κ3) is 5.51. The van der Waals surface area contributed by atoms with Crippen molar-refractivity contribution in [3.05, 3.63) is 52.8 Å². The smallest absolute Gasteiger partial charge is 0.222 e. The van der Waals surface area contributed by atoms with E-state index in [1.165, 1.54) is 5.56 Å². The van der Waals surface area contributed by atoms with E-state index in [-0.39, 0.29) is 5.91 Å². The summed E-state index contributed by atoms with van der Waals surface area (Å²) in [4.78, 5) is 19.8. The number of benzene rings is 1. The Morgan fingerprint density at radius 1 is 1.10 bits per heavy atom. The molecule has 1 aromatic heterocycles. The van der Waals surface area contributed by atoms with E-state index in [4.69, 9.17) is 0 Å². The van der Waals surface area contributed by atoms with Gasteiger partial charge < -0.3 is 10.6 Å². The predicted molar refractivity (Wildman–Crippen MR) is 86.0 cm³/mol. The molecular formula is C15H17BrN4O. The third-order valence-electron chi connectivity index (χ3n) is 2.88. The molecule has 1 aromatic carbocycles. The SMILES string of the molecule is O=C(CCNc1ncccn1)NCCc1ccccc1Br. The number of nitrogens with zero attached hydrogens (tertiary/aromatic N) is 2. The summed E-state index contributed by atoms with van der Waals surface area (Å²) in [6.07, 6.45) is 4.52. The second-order valence-corrected chi connectivity index (χ2v) is 5.29. The summed E-state index contributed by atoms with van der Waals surface area (Å²) in [7, 11) is 0. The molecule has 0 atom stereocenters. The molecule has 2 aromatic rings. The number of carbonyl (C=O) groups excluding carboxylic acids is 1. The van der Waals surface area contributed by atoms with Gasteiger partial charge in [0, 0.05) is 36.4 Å². The quantitative estimate of drug-likeness (QED) is 0.806. The van der Waals surface area contributed by atoms with Crippen LogP contribution in [-0.2, 0) is 11.2 Å². The first-order valence-electron chi connectivity index (χ1n) is 6.76. The van der Waals surface area contributed by atoms with Gasteiger partial charge in [0.25, 0.3) is 0 Å². The first kappa shape index (κ1) is 15.4. The molecule has 2 rings (SSSR count). The fraction of sp³-hybridized carbons (Fsp3) is 0.267. The molecule has 0 aliphatic carbocycles. The van der Waals surface area contributed by atoms with Gasteiger partial charge in [-0.1, -0.05) is 34.1 Å². The Bertz CT molecular complexity index is 577. The molecule has 1 amide bonds. The van der Waals surface area contributed by atoms with E-state index in [0.717, 1.165) is 10.9 Å². The lowest BCUT2D eigenvalue weighted by molar-refractivity contribution is -0.120. The van der Waals surface area contributed by atoms with Crippen LogP contribution in [0, 0.1) is 0 Å². The molecular weight excluding hydrogens is 332 g/mol. The number of carbonyl (C=O) groups is 1. The minimum absolute atomic E-state index is 0.0190. The first-order chi connectivity index (χ1) is 10.3. The lowest BCUT2D eigenvalue weighted by Gasteiger charge is -2.07. The van der Waals surface area contributed by atoms with Crippen LogP contribution in [-0.4, -0.2) is 29.0 Å². The maximum atomic E-state index is 11.7. The first-order valence-corrected chi connectivity index (χ1v) is 7.56. The Kier molecular flexibility index (Phi) is 6.15. The summed E-state index contributed by atoms with van der Waals surface area (Å²) in [5.74, 6) is 0.559. The lowest BCUT2D eigenvalue weighted by atomic mass is 10.1. The molecule has 2 N–H and O–H groups in total. The van der Waals surface area contributed by atoms with Gasteiger partial charge in [0.2, 0.25) is 11.9 Å². The topological polar surface area (TPSA) is 66.9 Å². The number of rotatable bonds is 7. The number of aromatic nitrogens is 2. The summed E-state index contributed by atoms with van der Waals surface area (Å²) in [6.45, 7) is 1.15. The summed E-state index contributed by atoms with van der Waals surface area (Å²) in [6, 6.07) is 9.76. The molecule has 0 aliphatic heterocycles. The highest BCUT2D eigenvalue weighted by Crippen LogP contribution is 2.15. The van der Waals surface area contributed by atoms with Crippen LogP contribution in [0.4, 0.5) is 5.95 Å². The van der Waals surface area contributed by atoms with Gasteiger partial charge in [-0.25, -0.2) is 9.97 Å². The normalized spacial score (nSPS) is 10.1. The Morgan fingerprint density at radius 3 is 2.62 bits per heavy atom. The second kappa shape index (κ2) is 8.36. The molecule has 6 heteroatoms. The van der Waals surface area contributed by atoms with E-state index >= 15 is 0 Å². The van der Waals surface area contributed by atoms with Crippen molar-refractivity contribution < 1.29 is 4.79 Å². The van der Waals surface area contributed by atoms with Gasteiger partial charge in [0.1, 0.15) is 0 Å². The van der Waals surface area contributed by atoms with Gasteiger partial charge in [0.05, 0.1) is 0 Å². The highest BCUT2D eigenvalue weighted by atomic mass is 79.9. The Labute approximate surface area is 132 Å². The van der Waals surface area contributed by atoms with Crippen LogP contribution in [0.15, 0.2) is 47.2 Å². The molecule has 0 fully saturated rings. The molecule has 0 saturated heterocycles. The van der Waals surface area contributed by atoms with Crippen LogP contribution in [0.25, 0.3) is 0 Å². The lowest BCUT2D eigenvalue weighted by Crippen LogP contribution is -2.27. The second-order valence-electron chi connectivity index (χ2n) is 4.44. The number of halogens is 1. The van der Waals surface area contributed by atoms with Crippen molar-refractivity contribution in [2.75, 3.05) is 18.4 Å². The number of amides is 1. The maximum absolute atomic E-state index is 11.7. The predicted octanol–water partition coefficient (Wildman–Crippen LogP) is 2.40. The van der Waals surface area contributed by atoms with Crippen LogP contribution in [0.3, 0.4) is 0 Å². The number of nitrogens with one attached hydrogen (secondary N) is 2. The van der Waals surface area contributed by atoms with Gasteiger partial charge in [-0.3, -0.25) is 4.79 Å². The third-order valence-corrected chi connectivity index (χ3v) is 3.65. The van der Waals surface area contributed by atoms with Gasteiger partial charge in [-0.2, -0.15) is 0 Å². The van der Waals surface area contributed by atoms with Crippen molar-refractivity contribution in [3.63, 3.8) is 0 Å². The van der Waals surface area contributed by atoms with E-state index < -0.39 is 0 Å². The fourth-order valence-corrected chi connectivity index (χ4v) is 2.29. The zero-order valence-electron chi connectivity index (χ0n) is 11.6. The number of anilines is 1. The van der Waals surface area contributed by atoms with Crippen molar-refractivity contribution >= 4 is 27.8 Å². The summed E-state index contributed by atoms with van der Waals surface area (Å²) < 4.78 is 1.07. The Morgan fingerprint density at radius 2 is 1.86 bits per heavy atom. The molecule has 0 saturated carbocycles. The van der Waals surface area contributed by atoms with E-state index in [1.807, 2.05) is 24.3 Å². The van der Waals surface area contributed by atoms with Crippen molar-refractivity contribution in [1.82, 2.24) is 15.3 Å². The van der Waals surface area contributed by atoms with E-state index in [1.54, 1.807) is 18.5 Å². The zero-order valence-corrected chi connectivity index (χ0v) is 13.1. The van der Waals surface area contributed by atoms with E-state index in [9.17, 15) is 4.79 Å². The average molecular weight is 349 g/mol. The molecule has 0 bridgehead atoms. The minimum Gasteiger partial charge on any atom is -0.356 e.